The summed E-state index contributed by atoms with van der Waals surface area (Å²) in [6.07, 6.45) is 2.53. The van der Waals surface area contributed by atoms with E-state index in [9.17, 15) is 9.90 Å². The summed E-state index contributed by atoms with van der Waals surface area (Å²) >= 11 is 0. The average Bonchev–Trinajstić information content (AvgIpc) is 2.63. The van der Waals surface area contributed by atoms with Crippen molar-refractivity contribution in [2.24, 2.45) is 0 Å². The Bertz CT molecular complexity index is 217. The highest BCUT2D eigenvalue weighted by Gasteiger charge is 2.27. The predicted molar refractivity (Wildman–Crippen MR) is 59.6 cm³/mol. The molecular formula is C11H22N2O2. The van der Waals surface area contributed by atoms with E-state index >= 15 is 0 Å². The monoisotopic (exact) mass is 214 g/mol. The number of likely N-dealkylation sites (tertiary alicyclic amines) is 1. The molecule has 1 fully saturated rings. The van der Waals surface area contributed by atoms with E-state index < -0.39 is 5.60 Å². The lowest BCUT2D eigenvalue weighted by molar-refractivity contribution is -0.146. The van der Waals surface area contributed by atoms with Gasteiger partial charge in [-0.25, -0.2) is 0 Å². The van der Waals surface area contributed by atoms with Gasteiger partial charge in [-0.2, -0.15) is 0 Å². The Morgan fingerprint density at radius 2 is 1.93 bits per heavy atom. The van der Waals surface area contributed by atoms with Crippen LogP contribution in [0.25, 0.3) is 0 Å². The second kappa shape index (κ2) is 4.94. The van der Waals surface area contributed by atoms with Crippen LogP contribution in [0.4, 0.5) is 0 Å². The number of amides is 1. The van der Waals surface area contributed by atoms with Crippen molar-refractivity contribution >= 4 is 5.91 Å². The molecule has 0 aromatic rings. The smallest absolute Gasteiger partial charge is 0.253 e. The van der Waals surface area contributed by atoms with E-state index in [1.165, 1.54) is 26.7 Å². The third-order valence-corrected chi connectivity index (χ3v) is 2.82. The second-order valence-corrected chi connectivity index (χ2v) is 4.83. The summed E-state index contributed by atoms with van der Waals surface area (Å²) in [6, 6.07) is 0. The van der Waals surface area contributed by atoms with Gasteiger partial charge < -0.3 is 14.9 Å². The van der Waals surface area contributed by atoms with Crippen LogP contribution in [0, 0.1) is 0 Å². The van der Waals surface area contributed by atoms with Crippen LogP contribution in [-0.4, -0.2) is 59.6 Å². The molecule has 4 heteroatoms. The molecule has 0 saturated carbocycles. The number of carbonyl (C=O) groups excluding carboxylic acids is 1. The molecule has 1 rings (SSSR count). The molecule has 88 valence electrons. The Balaban J connectivity index is 2.28. The fourth-order valence-corrected chi connectivity index (χ4v) is 1.87. The highest BCUT2D eigenvalue weighted by molar-refractivity contribution is 5.83. The van der Waals surface area contributed by atoms with Gasteiger partial charge in [0.05, 0.1) is 0 Å². The third-order valence-electron chi connectivity index (χ3n) is 2.82. The van der Waals surface area contributed by atoms with E-state index in [1.807, 2.05) is 0 Å². The molecule has 0 radical (unpaired) electrons. The van der Waals surface area contributed by atoms with Gasteiger partial charge >= 0.3 is 0 Å². The summed E-state index contributed by atoms with van der Waals surface area (Å²) in [7, 11) is 1.75. The van der Waals surface area contributed by atoms with E-state index in [2.05, 4.69) is 4.90 Å². The van der Waals surface area contributed by atoms with E-state index in [0.717, 1.165) is 19.6 Å². The molecule has 0 aromatic heterocycles. The van der Waals surface area contributed by atoms with Gasteiger partial charge in [0.15, 0.2) is 0 Å². The SMILES string of the molecule is CN(CCN1CCCC1)C(=O)C(C)(C)O. The Morgan fingerprint density at radius 3 is 2.40 bits per heavy atom. The highest BCUT2D eigenvalue weighted by atomic mass is 16.3. The Labute approximate surface area is 91.9 Å². The zero-order valence-corrected chi connectivity index (χ0v) is 9.99. The maximum absolute atomic E-state index is 11.6. The lowest BCUT2D eigenvalue weighted by Gasteiger charge is -2.26. The largest absolute Gasteiger partial charge is 0.381 e. The van der Waals surface area contributed by atoms with Crippen molar-refractivity contribution in [3.8, 4) is 0 Å². The van der Waals surface area contributed by atoms with E-state index in [4.69, 9.17) is 0 Å². The van der Waals surface area contributed by atoms with Crippen LogP contribution < -0.4 is 0 Å². The minimum absolute atomic E-state index is 0.207. The van der Waals surface area contributed by atoms with Crippen LogP contribution in [0.5, 0.6) is 0 Å². The number of aliphatic hydroxyl groups is 1. The summed E-state index contributed by atoms with van der Waals surface area (Å²) < 4.78 is 0. The van der Waals surface area contributed by atoms with Crippen molar-refractivity contribution in [3.63, 3.8) is 0 Å². The van der Waals surface area contributed by atoms with Crippen LogP contribution >= 0.6 is 0 Å². The number of rotatable bonds is 4. The molecule has 4 nitrogen and oxygen atoms in total. The zero-order chi connectivity index (χ0) is 11.5. The maximum Gasteiger partial charge on any atom is 0.253 e. The van der Waals surface area contributed by atoms with Gasteiger partial charge in [0.25, 0.3) is 5.91 Å². The molecule has 0 bridgehead atoms. The van der Waals surface area contributed by atoms with E-state index in [-0.39, 0.29) is 5.91 Å². The number of hydrogen-bond donors (Lipinski definition) is 1. The first-order valence-electron chi connectivity index (χ1n) is 5.61. The van der Waals surface area contributed by atoms with Gasteiger partial charge in [-0.3, -0.25) is 4.79 Å². The molecular weight excluding hydrogens is 192 g/mol. The number of nitrogens with zero attached hydrogens (tertiary/aromatic N) is 2. The topological polar surface area (TPSA) is 43.8 Å². The lowest BCUT2D eigenvalue weighted by Crippen LogP contribution is -2.45. The van der Waals surface area contributed by atoms with Gasteiger partial charge in [0.2, 0.25) is 0 Å². The minimum atomic E-state index is -1.25. The molecule has 0 unspecified atom stereocenters. The number of carbonyl (C=O) groups is 1. The van der Waals surface area contributed by atoms with Crippen LogP contribution in [0.3, 0.4) is 0 Å². The summed E-state index contributed by atoms with van der Waals surface area (Å²) in [5, 5.41) is 9.54. The second-order valence-electron chi connectivity index (χ2n) is 4.83. The van der Waals surface area contributed by atoms with Crippen LogP contribution in [0.15, 0.2) is 0 Å². The minimum Gasteiger partial charge on any atom is -0.381 e. The molecule has 0 aliphatic carbocycles. The van der Waals surface area contributed by atoms with Gasteiger partial charge in [-0.05, 0) is 39.8 Å². The summed E-state index contributed by atoms with van der Waals surface area (Å²) in [5.74, 6) is -0.207. The Kier molecular flexibility index (Phi) is 4.11. The van der Waals surface area contributed by atoms with E-state index in [1.54, 1.807) is 11.9 Å². The molecule has 0 spiro atoms. The quantitative estimate of drug-likeness (QED) is 0.732. The summed E-state index contributed by atoms with van der Waals surface area (Å²) in [6.45, 7) is 6.96. The fraction of sp³-hybridized carbons (Fsp3) is 0.909. The third kappa shape index (κ3) is 3.80. The molecule has 15 heavy (non-hydrogen) atoms. The molecule has 1 amide bonds. The zero-order valence-electron chi connectivity index (χ0n) is 9.99. The van der Waals surface area contributed by atoms with E-state index in [0.29, 0.717) is 6.54 Å². The summed E-state index contributed by atoms with van der Waals surface area (Å²) in [5.41, 5.74) is -1.25. The molecule has 0 atom stereocenters. The normalized spacial score (nSPS) is 18.1. The fourth-order valence-electron chi connectivity index (χ4n) is 1.87. The Morgan fingerprint density at radius 1 is 1.40 bits per heavy atom. The van der Waals surface area contributed by atoms with Crippen LogP contribution in [0.1, 0.15) is 26.7 Å². The Hall–Kier alpha value is -0.610. The first kappa shape index (κ1) is 12.5. The van der Waals surface area contributed by atoms with Crippen molar-refractivity contribution in [3.05, 3.63) is 0 Å². The van der Waals surface area contributed by atoms with Crippen LogP contribution in [0.2, 0.25) is 0 Å². The van der Waals surface area contributed by atoms with Crippen molar-refractivity contribution in [1.82, 2.24) is 9.80 Å². The van der Waals surface area contributed by atoms with Gasteiger partial charge in [0.1, 0.15) is 5.60 Å². The number of hydrogen-bond acceptors (Lipinski definition) is 3. The van der Waals surface area contributed by atoms with Crippen molar-refractivity contribution in [1.29, 1.82) is 0 Å². The van der Waals surface area contributed by atoms with Crippen LogP contribution in [-0.2, 0) is 4.79 Å². The first-order valence-corrected chi connectivity index (χ1v) is 5.61. The van der Waals surface area contributed by atoms with Crippen molar-refractivity contribution < 1.29 is 9.90 Å². The standard InChI is InChI=1S/C11H22N2O2/c1-11(2,15)10(14)12(3)8-9-13-6-4-5-7-13/h15H,4-9H2,1-3H3. The summed E-state index contributed by atoms with van der Waals surface area (Å²) in [4.78, 5) is 15.6. The van der Waals surface area contributed by atoms with Crippen molar-refractivity contribution in [2.75, 3.05) is 33.2 Å². The number of likely N-dealkylation sites (N-methyl/N-ethyl adjacent to an activating group) is 1. The molecule has 1 saturated heterocycles. The molecule has 0 aromatic carbocycles. The van der Waals surface area contributed by atoms with Gasteiger partial charge in [0, 0.05) is 20.1 Å². The van der Waals surface area contributed by atoms with Gasteiger partial charge in [-0.1, -0.05) is 0 Å². The molecule has 1 aliphatic heterocycles. The first-order chi connectivity index (χ1) is 6.91. The molecule has 1 aliphatic rings. The van der Waals surface area contributed by atoms with Crippen molar-refractivity contribution in [2.45, 2.75) is 32.3 Å². The molecule has 1 N–H and O–H groups in total. The lowest BCUT2D eigenvalue weighted by atomic mass is 10.1. The van der Waals surface area contributed by atoms with Gasteiger partial charge in [-0.15, -0.1) is 0 Å². The predicted octanol–water partition coefficient (Wildman–Crippen LogP) is 0.311. The maximum atomic E-state index is 11.6. The molecule has 1 heterocycles. The average molecular weight is 214 g/mol. The highest BCUT2D eigenvalue weighted by Crippen LogP contribution is 2.08.